The van der Waals surface area contributed by atoms with Crippen LogP contribution < -0.4 is 5.32 Å². The molecule has 10 unspecified atom stereocenters. The van der Waals surface area contributed by atoms with Crippen LogP contribution in [0, 0.1) is 57.2 Å². The molecule has 6 rings (SSSR count). The topological polar surface area (TPSA) is 113 Å². The summed E-state index contributed by atoms with van der Waals surface area (Å²) in [6, 6.07) is 7.81. The number of benzene rings is 1. The number of esters is 1. The smallest absolute Gasteiger partial charge is 0.307 e. The number of nitrogens with one attached hydrogen (secondary N) is 1. The fraction of sp³-hybridized carbons (Fsp3) is 0.744. The van der Waals surface area contributed by atoms with Crippen molar-refractivity contribution in [1.29, 1.82) is 0 Å². The van der Waals surface area contributed by atoms with Crippen molar-refractivity contribution >= 4 is 29.6 Å². The molecule has 0 spiro atoms. The first-order chi connectivity index (χ1) is 24.1. The molecular formula is C43H64ClNO6. The zero-order valence-corrected chi connectivity index (χ0v) is 33.2. The summed E-state index contributed by atoms with van der Waals surface area (Å²) in [4.78, 5) is 38.2. The highest BCUT2D eigenvalue weighted by molar-refractivity contribution is 6.31. The van der Waals surface area contributed by atoms with Crippen LogP contribution in [0.2, 0.25) is 5.02 Å². The maximum Gasteiger partial charge on any atom is 0.307 e. The standard InChI is InChI=1S/C42H60ClNO5.CH4O/c1-25(2)37-32(46)20-42(35(47)23-44-22-27-10-8-9-11-31(27)43)19-15-30-28(38(37)42)12-13-34-40(6)18-16-33(49-36(48)21-39(4,5)24-45)26(3)29(40)14-17-41(30,34)7;1-2/h8-11,24-26,28-30,33-35,44,47H,12-23H2,1-7H3;2H,1H3. The van der Waals surface area contributed by atoms with Crippen molar-refractivity contribution in [3.8, 4) is 0 Å². The molecule has 0 heterocycles. The van der Waals surface area contributed by atoms with Crippen molar-refractivity contribution < 1.29 is 29.3 Å². The fourth-order valence-corrected chi connectivity index (χ4v) is 12.5. The average Bonchev–Trinajstić information content (AvgIpc) is 3.41. The minimum Gasteiger partial charge on any atom is -0.462 e. The molecule has 0 aliphatic heterocycles. The number of carbonyl (C=O) groups excluding carboxylic acids is 3. The van der Waals surface area contributed by atoms with Crippen molar-refractivity contribution in [2.75, 3.05) is 13.7 Å². The molecule has 0 saturated heterocycles. The lowest BCUT2D eigenvalue weighted by Crippen LogP contribution is -2.61. The van der Waals surface area contributed by atoms with Crippen LogP contribution in [0.4, 0.5) is 0 Å². The zero-order valence-electron chi connectivity index (χ0n) is 32.4. The van der Waals surface area contributed by atoms with Gasteiger partial charge in [0.25, 0.3) is 0 Å². The van der Waals surface area contributed by atoms with E-state index in [1.807, 2.05) is 24.3 Å². The lowest BCUT2D eigenvalue weighted by Gasteiger charge is -2.67. The number of hydrogen-bond acceptors (Lipinski definition) is 7. The molecule has 7 nitrogen and oxygen atoms in total. The summed E-state index contributed by atoms with van der Waals surface area (Å²) in [6.45, 7) is 16.3. The van der Waals surface area contributed by atoms with E-state index in [4.69, 9.17) is 21.4 Å². The number of aliphatic hydroxyl groups excluding tert-OH is 2. The number of Topliss-reactive ketones (excluding diaryl/α,β-unsaturated/α-hetero) is 1. The number of halogens is 1. The summed E-state index contributed by atoms with van der Waals surface area (Å²) >= 11 is 6.42. The monoisotopic (exact) mass is 725 g/mol. The molecule has 0 amide bonds. The van der Waals surface area contributed by atoms with Crippen molar-refractivity contribution in [1.82, 2.24) is 5.32 Å². The Labute approximate surface area is 311 Å². The van der Waals surface area contributed by atoms with E-state index in [1.54, 1.807) is 13.8 Å². The van der Waals surface area contributed by atoms with E-state index in [0.717, 1.165) is 80.9 Å². The molecule has 1 aromatic carbocycles. The van der Waals surface area contributed by atoms with Gasteiger partial charge in [-0.3, -0.25) is 9.59 Å². The molecule has 8 heteroatoms. The first-order valence-electron chi connectivity index (χ1n) is 19.6. The highest BCUT2D eigenvalue weighted by Gasteiger charge is 2.65. The Balaban J connectivity index is 0.00000248. The number of rotatable bonds is 10. The van der Waals surface area contributed by atoms with Gasteiger partial charge in [-0.05, 0) is 115 Å². The molecule has 0 radical (unpaired) electrons. The quantitative estimate of drug-likeness (QED) is 0.165. The van der Waals surface area contributed by atoms with Gasteiger partial charge in [-0.1, -0.05) is 83.8 Å². The predicted octanol–water partition coefficient (Wildman–Crippen LogP) is 8.13. The van der Waals surface area contributed by atoms with Crippen molar-refractivity contribution in [2.24, 2.45) is 57.2 Å². The summed E-state index contributed by atoms with van der Waals surface area (Å²) in [5.41, 5.74) is 2.46. The second kappa shape index (κ2) is 15.4. The van der Waals surface area contributed by atoms with Crippen LogP contribution in [0.1, 0.15) is 118 Å². The van der Waals surface area contributed by atoms with E-state index >= 15 is 0 Å². The van der Waals surface area contributed by atoms with Crippen LogP contribution in [0.3, 0.4) is 0 Å². The van der Waals surface area contributed by atoms with Crippen molar-refractivity contribution in [3.63, 3.8) is 0 Å². The van der Waals surface area contributed by atoms with E-state index in [0.29, 0.717) is 43.2 Å². The van der Waals surface area contributed by atoms with Crippen LogP contribution >= 0.6 is 11.6 Å². The molecule has 51 heavy (non-hydrogen) atoms. The van der Waals surface area contributed by atoms with Crippen LogP contribution in [-0.4, -0.2) is 54.1 Å². The molecule has 5 aliphatic carbocycles. The van der Waals surface area contributed by atoms with E-state index in [1.165, 1.54) is 5.57 Å². The normalized spacial score (nSPS) is 36.6. The number of carbonyl (C=O) groups is 3. The number of fused-ring (bicyclic) bond motifs is 7. The van der Waals surface area contributed by atoms with Gasteiger partial charge >= 0.3 is 5.97 Å². The highest BCUT2D eigenvalue weighted by Crippen LogP contribution is 2.72. The van der Waals surface area contributed by atoms with E-state index < -0.39 is 16.9 Å². The van der Waals surface area contributed by atoms with Gasteiger partial charge in [-0.15, -0.1) is 0 Å². The third-order valence-electron chi connectivity index (χ3n) is 14.6. The first kappa shape index (κ1) is 40.1. The summed E-state index contributed by atoms with van der Waals surface area (Å²) in [5.74, 6) is 2.28. The van der Waals surface area contributed by atoms with Crippen molar-refractivity contribution in [3.05, 3.63) is 46.0 Å². The third-order valence-corrected chi connectivity index (χ3v) is 15.0. The minimum atomic E-state index is -0.704. The summed E-state index contributed by atoms with van der Waals surface area (Å²) < 4.78 is 6.10. The Bertz CT molecular complexity index is 1490. The van der Waals surface area contributed by atoms with E-state index in [2.05, 4.69) is 39.9 Å². The molecule has 0 aromatic heterocycles. The molecule has 0 bridgehead atoms. The minimum absolute atomic E-state index is 0.0970. The summed E-state index contributed by atoms with van der Waals surface area (Å²) in [7, 11) is 1.00. The van der Waals surface area contributed by atoms with Gasteiger partial charge in [0.05, 0.1) is 12.5 Å². The Morgan fingerprint density at radius 2 is 1.69 bits per heavy atom. The van der Waals surface area contributed by atoms with Gasteiger partial charge < -0.3 is 25.1 Å². The summed E-state index contributed by atoms with van der Waals surface area (Å²) in [6.07, 6.45) is 8.96. The molecule has 4 saturated carbocycles. The molecule has 4 fully saturated rings. The van der Waals surface area contributed by atoms with E-state index in [9.17, 15) is 19.5 Å². The van der Waals surface area contributed by atoms with Crippen molar-refractivity contribution in [2.45, 2.75) is 131 Å². The van der Waals surface area contributed by atoms with Crippen LogP contribution in [-0.2, 0) is 25.7 Å². The lowest BCUT2D eigenvalue weighted by atomic mass is 9.38. The van der Waals surface area contributed by atoms with Crippen LogP contribution in [0.5, 0.6) is 0 Å². The Hall–Kier alpha value is -2.06. The van der Waals surface area contributed by atoms with Gasteiger partial charge in [-0.2, -0.15) is 0 Å². The maximum atomic E-state index is 13.9. The first-order valence-corrected chi connectivity index (χ1v) is 20.0. The molecule has 5 aliphatic rings. The number of ether oxygens (including phenoxy) is 1. The molecule has 10 atom stereocenters. The molecular weight excluding hydrogens is 662 g/mol. The largest absolute Gasteiger partial charge is 0.462 e. The number of allylic oxidation sites excluding steroid dienone is 1. The van der Waals surface area contributed by atoms with Crippen LogP contribution in [0.15, 0.2) is 35.4 Å². The maximum absolute atomic E-state index is 13.9. The fourth-order valence-electron chi connectivity index (χ4n) is 12.3. The SMILES string of the molecule is CC(C)C1=C2C3CCC4C(C)(CCC5C(C)C(OC(=O)CC(C)(C)C=O)CCC54C)C3CCC2(C(O)CNCc2ccccc2Cl)CC1=O.CO. The van der Waals surface area contributed by atoms with Gasteiger partial charge in [0.2, 0.25) is 0 Å². The highest BCUT2D eigenvalue weighted by atomic mass is 35.5. The Morgan fingerprint density at radius 1 is 1.04 bits per heavy atom. The van der Waals surface area contributed by atoms with Gasteiger partial charge in [0.1, 0.15) is 12.4 Å². The predicted molar refractivity (Wildman–Crippen MR) is 202 cm³/mol. The third kappa shape index (κ3) is 7.15. The molecule has 1 aromatic rings. The number of aliphatic hydroxyl groups is 2. The second-order valence-corrected chi connectivity index (χ2v) is 18.6. The molecule has 3 N–H and O–H groups in total. The van der Waals surface area contributed by atoms with Gasteiger partial charge in [-0.25, -0.2) is 0 Å². The number of aldehydes is 1. The Kier molecular flexibility index (Phi) is 12.1. The average molecular weight is 726 g/mol. The van der Waals surface area contributed by atoms with Gasteiger partial charge in [0.15, 0.2) is 5.78 Å². The van der Waals surface area contributed by atoms with E-state index in [-0.39, 0.29) is 46.9 Å². The zero-order chi connectivity index (χ0) is 37.5. The summed E-state index contributed by atoms with van der Waals surface area (Å²) in [5, 5.41) is 23.2. The number of hydrogen-bond donors (Lipinski definition) is 3. The molecule has 284 valence electrons. The van der Waals surface area contributed by atoms with Gasteiger partial charge in [0, 0.05) is 42.5 Å². The van der Waals surface area contributed by atoms with Crippen LogP contribution in [0.25, 0.3) is 0 Å². The lowest BCUT2D eigenvalue weighted by molar-refractivity contribution is -0.192. The second-order valence-electron chi connectivity index (χ2n) is 18.2. The number of ketones is 1. The Morgan fingerprint density at radius 3 is 2.35 bits per heavy atom.